The molecule has 1 aliphatic rings. The summed E-state index contributed by atoms with van der Waals surface area (Å²) < 4.78 is 0. The number of carbonyl (C=O) groups is 1. The van der Waals surface area contributed by atoms with Crippen LogP contribution in [0.4, 0.5) is 0 Å². The molecule has 1 atom stereocenters. The van der Waals surface area contributed by atoms with Crippen molar-refractivity contribution in [1.29, 1.82) is 0 Å². The molecule has 1 saturated heterocycles. The second kappa shape index (κ2) is 11.2. The number of hydrogen-bond acceptors (Lipinski definition) is 6. The van der Waals surface area contributed by atoms with Crippen LogP contribution in [0.2, 0.25) is 0 Å². The molecule has 0 aromatic carbocycles. The van der Waals surface area contributed by atoms with Crippen LogP contribution in [-0.2, 0) is 24.6 Å². The van der Waals surface area contributed by atoms with Gasteiger partial charge in [-0.25, -0.2) is 4.79 Å². The fourth-order valence-corrected chi connectivity index (χ4v) is 1.94. The van der Waals surface area contributed by atoms with Crippen LogP contribution >= 0.6 is 0 Å². The van der Waals surface area contributed by atoms with Gasteiger partial charge in [-0.1, -0.05) is 45.4 Å². The zero-order valence-corrected chi connectivity index (χ0v) is 11.7. The average molecular weight is 275 g/mol. The van der Waals surface area contributed by atoms with Crippen molar-refractivity contribution >= 4 is 5.97 Å². The molecule has 1 fully saturated rings. The average Bonchev–Trinajstić information content (AvgIpc) is 2.40. The molecule has 0 radical (unpaired) electrons. The van der Waals surface area contributed by atoms with Crippen molar-refractivity contribution in [3.8, 4) is 0 Å². The summed E-state index contributed by atoms with van der Waals surface area (Å²) in [5.74, 6) is -0.453. The van der Waals surface area contributed by atoms with Crippen LogP contribution in [0.1, 0.15) is 64.7 Å². The summed E-state index contributed by atoms with van der Waals surface area (Å²) in [4.78, 5) is 20.1. The first kappa shape index (κ1) is 16.4. The third-order valence-corrected chi connectivity index (χ3v) is 3.07. The topological polar surface area (TPSA) is 66.0 Å². The van der Waals surface area contributed by atoms with Crippen LogP contribution in [-0.4, -0.2) is 18.7 Å². The largest absolute Gasteiger partial charge is 0.345 e. The third kappa shape index (κ3) is 8.93. The number of nitrogens with one attached hydrogen (secondary N) is 1. The highest BCUT2D eigenvalue weighted by Crippen LogP contribution is 2.08. The summed E-state index contributed by atoms with van der Waals surface area (Å²) in [7, 11) is 0. The van der Waals surface area contributed by atoms with Gasteiger partial charge in [-0.3, -0.25) is 10.2 Å². The number of hydrogen-bond donors (Lipinski definition) is 1. The molecular formula is C13H25NO5. The second-order valence-electron chi connectivity index (χ2n) is 4.79. The van der Waals surface area contributed by atoms with Crippen molar-refractivity contribution in [1.82, 2.24) is 5.32 Å². The van der Waals surface area contributed by atoms with Crippen LogP contribution in [0.25, 0.3) is 0 Å². The maximum atomic E-state index is 11.0. The first-order chi connectivity index (χ1) is 9.33. The third-order valence-electron chi connectivity index (χ3n) is 3.07. The highest BCUT2D eigenvalue weighted by Gasteiger charge is 2.17. The predicted octanol–water partition coefficient (Wildman–Crippen LogP) is 2.78. The summed E-state index contributed by atoms with van der Waals surface area (Å²) >= 11 is 0. The van der Waals surface area contributed by atoms with Gasteiger partial charge in [0, 0.05) is 11.5 Å². The van der Waals surface area contributed by atoms with Crippen molar-refractivity contribution < 1.29 is 24.6 Å². The molecule has 0 spiro atoms. The maximum Gasteiger partial charge on any atom is 0.345 e. The van der Waals surface area contributed by atoms with E-state index < -0.39 is 5.97 Å². The molecule has 6 nitrogen and oxygen atoms in total. The molecule has 112 valence electrons. The minimum absolute atomic E-state index is 0.248. The van der Waals surface area contributed by atoms with E-state index in [4.69, 9.17) is 4.89 Å². The van der Waals surface area contributed by atoms with Gasteiger partial charge >= 0.3 is 5.97 Å². The second-order valence-corrected chi connectivity index (χ2v) is 4.79. The number of carbonyl (C=O) groups excluding carboxylic acids is 1. The Labute approximate surface area is 114 Å². The molecule has 0 saturated carbocycles. The normalized spacial score (nSPS) is 20.7. The Morgan fingerprint density at radius 3 is 2.63 bits per heavy atom. The molecule has 1 aliphatic heterocycles. The summed E-state index contributed by atoms with van der Waals surface area (Å²) in [6.07, 6.45) is 9.29. The van der Waals surface area contributed by atoms with Gasteiger partial charge < -0.3 is 0 Å². The van der Waals surface area contributed by atoms with Crippen LogP contribution in [0, 0.1) is 0 Å². The molecule has 6 heteroatoms. The lowest BCUT2D eigenvalue weighted by atomic mass is 10.1. The van der Waals surface area contributed by atoms with Crippen molar-refractivity contribution in [3.05, 3.63) is 0 Å². The van der Waals surface area contributed by atoms with Gasteiger partial charge in [0.25, 0.3) is 0 Å². The molecule has 1 rings (SSSR count). The number of unbranched alkanes of at least 4 members (excludes halogenated alkanes) is 6. The van der Waals surface area contributed by atoms with Crippen LogP contribution in [0.5, 0.6) is 0 Å². The van der Waals surface area contributed by atoms with E-state index >= 15 is 0 Å². The SMILES string of the molecule is CCCCCCCCCNC1CCC(=O)OOOO1. The van der Waals surface area contributed by atoms with Gasteiger partial charge in [-0.2, -0.15) is 4.89 Å². The van der Waals surface area contributed by atoms with Gasteiger partial charge in [0.2, 0.25) is 0 Å². The van der Waals surface area contributed by atoms with E-state index in [0.29, 0.717) is 6.42 Å². The predicted molar refractivity (Wildman–Crippen MR) is 68.4 cm³/mol. The van der Waals surface area contributed by atoms with Crippen molar-refractivity contribution in [2.24, 2.45) is 0 Å². The zero-order chi connectivity index (χ0) is 13.8. The van der Waals surface area contributed by atoms with Crippen molar-refractivity contribution in [2.45, 2.75) is 70.9 Å². The minimum atomic E-state index is -0.453. The number of rotatable bonds is 9. The van der Waals surface area contributed by atoms with E-state index in [-0.39, 0.29) is 12.6 Å². The van der Waals surface area contributed by atoms with E-state index in [1.165, 1.54) is 38.5 Å². The standard InChI is InChI=1S/C13H25NO5/c1-2-3-4-5-6-7-8-11-14-12-9-10-13(15)17-19-18-16-12/h12,14H,2-11H2,1H3. The van der Waals surface area contributed by atoms with Crippen molar-refractivity contribution in [2.75, 3.05) is 6.54 Å². The first-order valence-electron chi connectivity index (χ1n) is 7.26. The molecule has 19 heavy (non-hydrogen) atoms. The zero-order valence-electron chi connectivity index (χ0n) is 11.7. The molecule has 0 aliphatic carbocycles. The Kier molecular flexibility index (Phi) is 9.61. The van der Waals surface area contributed by atoms with E-state index in [9.17, 15) is 4.79 Å². The first-order valence-corrected chi connectivity index (χ1v) is 7.26. The molecule has 0 bridgehead atoms. The maximum absolute atomic E-state index is 11.0. The molecule has 0 aromatic rings. The summed E-state index contributed by atoms with van der Waals surface area (Å²) in [6, 6.07) is 0. The molecule has 1 heterocycles. The summed E-state index contributed by atoms with van der Waals surface area (Å²) in [6.45, 7) is 3.07. The minimum Gasteiger partial charge on any atom is -0.289 e. The van der Waals surface area contributed by atoms with Gasteiger partial charge in [-0.15, -0.1) is 0 Å². The van der Waals surface area contributed by atoms with Gasteiger partial charge in [0.15, 0.2) is 0 Å². The quantitative estimate of drug-likeness (QED) is 0.515. The van der Waals surface area contributed by atoms with Crippen LogP contribution in [0.15, 0.2) is 0 Å². The van der Waals surface area contributed by atoms with Crippen LogP contribution < -0.4 is 5.32 Å². The highest BCUT2D eigenvalue weighted by atomic mass is 17.7. The lowest BCUT2D eigenvalue weighted by Crippen LogP contribution is -2.34. The smallest absolute Gasteiger partial charge is 0.289 e. The summed E-state index contributed by atoms with van der Waals surface area (Å²) in [5.41, 5.74) is 0. The Hall–Kier alpha value is -0.690. The van der Waals surface area contributed by atoms with Crippen molar-refractivity contribution in [3.63, 3.8) is 0 Å². The van der Waals surface area contributed by atoms with Gasteiger partial charge in [0.1, 0.15) is 6.23 Å². The molecule has 1 N–H and O–H groups in total. The highest BCUT2D eigenvalue weighted by molar-refractivity contribution is 5.68. The van der Waals surface area contributed by atoms with Gasteiger partial charge in [-0.05, 0) is 18.0 Å². The fraction of sp³-hybridized carbons (Fsp3) is 0.923. The van der Waals surface area contributed by atoms with E-state index in [1.54, 1.807) is 0 Å². The molecule has 1 unspecified atom stereocenters. The fourth-order valence-electron chi connectivity index (χ4n) is 1.94. The summed E-state index contributed by atoms with van der Waals surface area (Å²) in [5, 5.41) is 11.5. The monoisotopic (exact) mass is 275 g/mol. The Morgan fingerprint density at radius 1 is 1.11 bits per heavy atom. The molecular weight excluding hydrogens is 250 g/mol. The molecule has 0 aromatic heterocycles. The van der Waals surface area contributed by atoms with E-state index in [1.807, 2.05) is 0 Å². The lowest BCUT2D eigenvalue weighted by Gasteiger charge is -2.18. The van der Waals surface area contributed by atoms with E-state index in [0.717, 1.165) is 13.0 Å². The Bertz CT molecular complexity index is 237. The van der Waals surface area contributed by atoms with E-state index in [2.05, 4.69) is 27.2 Å². The Balaban J connectivity index is 1.94. The molecule has 0 amide bonds. The van der Waals surface area contributed by atoms with Gasteiger partial charge in [0.05, 0.1) is 6.42 Å². The van der Waals surface area contributed by atoms with Crippen LogP contribution in [0.3, 0.4) is 0 Å². The Morgan fingerprint density at radius 2 is 1.84 bits per heavy atom. The lowest BCUT2D eigenvalue weighted by molar-refractivity contribution is -0.630.